The molecule has 6 nitrogen and oxygen atoms in total. The van der Waals surface area contributed by atoms with Crippen molar-refractivity contribution in [1.82, 2.24) is 15.0 Å². The van der Waals surface area contributed by atoms with Crippen LogP contribution in [0.5, 0.6) is 0 Å². The molecule has 0 bridgehead atoms. The van der Waals surface area contributed by atoms with Crippen LogP contribution in [0, 0.1) is 3.57 Å². The molecule has 2 heterocycles. The van der Waals surface area contributed by atoms with Gasteiger partial charge in [-0.1, -0.05) is 30.3 Å². The zero-order valence-corrected chi connectivity index (χ0v) is 15.1. The highest BCUT2D eigenvalue weighted by molar-refractivity contribution is 14.1. The number of rotatable bonds is 4. The van der Waals surface area contributed by atoms with E-state index < -0.39 is 0 Å². The zero-order valence-electron chi connectivity index (χ0n) is 12.9. The van der Waals surface area contributed by atoms with E-state index in [1.807, 2.05) is 30.3 Å². The van der Waals surface area contributed by atoms with Crippen molar-refractivity contribution in [2.24, 2.45) is 0 Å². The highest BCUT2D eigenvalue weighted by Gasteiger charge is 2.20. The van der Waals surface area contributed by atoms with Crippen molar-refractivity contribution in [1.29, 1.82) is 0 Å². The quantitative estimate of drug-likeness (QED) is 0.484. The first-order chi connectivity index (χ1) is 11.6. The van der Waals surface area contributed by atoms with Crippen LogP contribution in [-0.4, -0.2) is 27.5 Å². The van der Waals surface area contributed by atoms with E-state index in [0.29, 0.717) is 29.3 Å². The maximum atomic E-state index is 12.3. The molecule has 7 heteroatoms. The summed E-state index contributed by atoms with van der Waals surface area (Å²) in [5.74, 6) is -0.199. The Kier molecular flexibility index (Phi) is 4.79. The number of nitrogens with one attached hydrogen (secondary N) is 1. The van der Waals surface area contributed by atoms with E-state index >= 15 is 0 Å². The summed E-state index contributed by atoms with van der Waals surface area (Å²) in [7, 11) is 0. The average Bonchev–Trinajstić information content (AvgIpc) is 3.03. The summed E-state index contributed by atoms with van der Waals surface area (Å²) in [4.78, 5) is 23.8. The number of nitrogens with zero attached hydrogens (tertiary/aromatic N) is 2. The van der Waals surface area contributed by atoms with Gasteiger partial charge in [-0.3, -0.25) is 0 Å². The van der Waals surface area contributed by atoms with Crippen molar-refractivity contribution in [3.8, 4) is 22.6 Å². The van der Waals surface area contributed by atoms with Crippen molar-refractivity contribution < 1.29 is 9.53 Å². The lowest BCUT2D eigenvalue weighted by Crippen LogP contribution is -2.04. The maximum absolute atomic E-state index is 12.3. The molecule has 122 valence electrons. The first-order valence-electron chi connectivity index (χ1n) is 7.34. The molecule has 0 atom stereocenters. The van der Waals surface area contributed by atoms with Crippen molar-refractivity contribution in [3.05, 3.63) is 51.7 Å². The number of nitrogen functional groups attached to an aromatic ring is 1. The molecule has 0 unspecified atom stereocenters. The number of aromatic amines is 1. The Hall–Kier alpha value is -2.42. The third-order valence-electron chi connectivity index (χ3n) is 3.39. The molecule has 2 aromatic heterocycles. The Morgan fingerprint density at radius 2 is 2.08 bits per heavy atom. The van der Waals surface area contributed by atoms with Gasteiger partial charge in [0.05, 0.1) is 27.1 Å². The lowest BCUT2D eigenvalue weighted by atomic mass is 10.1. The average molecular weight is 434 g/mol. The number of nitrogens with two attached hydrogens (primary N) is 1. The topological polar surface area (TPSA) is 93.9 Å². The number of ether oxygens (including phenoxy) is 1. The van der Waals surface area contributed by atoms with Gasteiger partial charge in [-0.05, 0) is 41.1 Å². The number of hydrogen-bond donors (Lipinski definition) is 2. The van der Waals surface area contributed by atoms with Gasteiger partial charge in [-0.15, -0.1) is 0 Å². The van der Waals surface area contributed by atoms with Crippen LogP contribution in [0.25, 0.3) is 22.6 Å². The van der Waals surface area contributed by atoms with E-state index in [0.717, 1.165) is 9.13 Å². The van der Waals surface area contributed by atoms with Crippen molar-refractivity contribution in [3.63, 3.8) is 0 Å². The molecule has 0 saturated heterocycles. The number of aromatic nitrogens is 3. The van der Waals surface area contributed by atoms with Crippen molar-refractivity contribution in [2.45, 2.75) is 6.92 Å². The van der Waals surface area contributed by atoms with E-state index in [9.17, 15) is 4.79 Å². The van der Waals surface area contributed by atoms with Gasteiger partial charge in [-0.2, -0.15) is 0 Å². The molecule has 1 aromatic carbocycles. The standard InChI is InChI=1S/C17H15IN4O2/c1-2-24-16(23)11-8-13(15-12(18)9-20-17(19)22-15)21-14(11)10-6-4-3-5-7-10/h3-9,21H,2H2,1H3,(H2,19,20,22). The van der Waals surface area contributed by atoms with E-state index in [-0.39, 0.29) is 11.9 Å². The molecule has 24 heavy (non-hydrogen) atoms. The summed E-state index contributed by atoms with van der Waals surface area (Å²) >= 11 is 2.13. The number of carbonyl (C=O) groups excluding carboxylic acids is 1. The first-order valence-corrected chi connectivity index (χ1v) is 8.42. The van der Waals surface area contributed by atoms with Crippen LogP contribution in [0.15, 0.2) is 42.6 Å². The van der Waals surface area contributed by atoms with E-state index in [1.165, 1.54) is 0 Å². The summed E-state index contributed by atoms with van der Waals surface area (Å²) in [6, 6.07) is 11.3. The smallest absolute Gasteiger partial charge is 0.340 e. The number of carbonyl (C=O) groups is 1. The molecule has 3 aromatic rings. The minimum atomic E-state index is -0.379. The zero-order chi connectivity index (χ0) is 17.1. The summed E-state index contributed by atoms with van der Waals surface area (Å²) in [6.07, 6.45) is 1.64. The molecule has 0 aliphatic rings. The van der Waals surface area contributed by atoms with Gasteiger partial charge in [-0.25, -0.2) is 14.8 Å². The highest BCUT2D eigenvalue weighted by atomic mass is 127. The van der Waals surface area contributed by atoms with Crippen LogP contribution in [0.4, 0.5) is 5.95 Å². The Morgan fingerprint density at radius 1 is 1.33 bits per heavy atom. The van der Waals surface area contributed by atoms with Crippen LogP contribution in [0.1, 0.15) is 17.3 Å². The lowest BCUT2D eigenvalue weighted by molar-refractivity contribution is 0.0527. The minimum Gasteiger partial charge on any atom is -0.462 e. The number of benzene rings is 1. The van der Waals surface area contributed by atoms with Crippen LogP contribution >= 0.6 is 22.6 Å². The van der Waals surface area contributed by atoms with E-state index in [1.54, 1.807) is 19.2 Å². The normalized spacial score (nSPS) is 10.6. The fourth-order valence-electron chi connectivity index (χ4n) is 2.35. The molecule has 3 N–H and O–H groups in total. The van der Waals surface area contributed by atoms with Crippen molar-refractivity contribution >= 4 is 34.5 Å². The predicted molar refractivity (Wildman–Crippen MR) is 100 cm³/mol. The van der Waals surface area contributed by atoms with Gasteiger partial charge in [0.25, 0.3) is 0 Å². The second-order valence-electron chi connectivity index (χ2n) is 4.98. The number of hydrogen-bond acceptors (Lipinski definition) is 5. The van der Waals surface area contributed by atoms with E-state index in [4.69, 9.17) is 10.5 Å². The van der Waals surface area contributed by atoms with Gasteiger partial charge < -0.3 is 15.5 Å². The van der Waals surface area contributed by atoms with Crippen LogP contribution in [0.2, 0.25) is 0 Å². The Bertz CT molecular complexity index is 878. The SMILES string of the molecule is CCOC(=O)c1cc(-c2nc(N)ncc2I)[nH]c1-c1ccccc1. The molecule has 0 fully saturated rings. The maximum Gasteiger partial charge on any atom is 0.340 e. The fraction of sp³-hybridized carbons (Fsp3) is 0.118. The second-order valence-corrected chi connectivity index (χ2v) is 6.15. The molecular formula is C17H15IN4O2. The molecule has 0 spiro atoms. The molecular weight excluding hydrogens is 419 g/mol. The van der Waals surface area contributed by atoms with Gasteiger partial charge in [0.2, 0.25) is 5.95 Å². The van der Waals surface area contributed by atoms with Gasteiger partial charge in [0.15, 0.2) is 0 Å². The monoisotopic (exact) mass is 434 g/mol. The summed E-state index contributed by atoms with van der Waals surface area (Å²) < 4.78 is 6.01. The largest absolute Gasteiger partial charge is 0.462 e. The van der Waals surface area contributed by atoms with Crippen LogP contribution in [-0.2, 0) is 4.74 Å². The molecule has 3 rings (SSSR count). The number of anilines is 1. The number of esters is 1. The van der Waals surface area contributed by atoms with E-state index in [2.05, 4.69) is 37.5 Å². The van der Waals surface area contributed by atoms with Gasteiger partial charge in [0, 0.05) is 6.20 Å². The van der Waals surface area contributed by atoms with Crippen molar-refractivity contribution in [2.75, 3.05) is 12.3 Å². The fourth-order valence-corrected chi connectivity index (χ4v) is 2.90. The minimum absolute atomic E-state index is 0.180. The lowest BCUT2D eigenvalue weighted by Gasteiger charge is -2.04. The highest BCUT2D eigenvalue weighted by Crippen LogP contribution is 2.30. The second kappa shape index (κ2) is 7.00. The Morgan fingerprint density at radius 3 is 2.79 bits per heavy atom. The van der Waals surface area contributed by atoms with Gasteiger partial charge in [0.1, 0.15) is 5.69 Å². The first kappa shape index (κ1) is 16.4. The Labute approximate surface area is 152 Å². The molecule has 0 aliphatic heterocycles. The Balaban J connectivity index is 2.16. The van der Waals surface area contributed by atoms with Crippen LogP contribution in [0.3, 0.4) is 0 Å². The third kappa shape index (κ3) is 3.25. The molecule has 0 aliphatic carbocycles. The number of halogens is 1. The molecule has 0 saturated carbocycles. The molecule has 0 amide bonds. The van der Waals surface area contributed by atoms with Crippen LogP contribution < -0.4 is 5.73 Å². The molecule has 0 radical (unpaired) electrons. The number of H-pyrrole nitrogens is 1. The third-order valence-corrected chi connectivity index (χ3v) is 4.18. The summed E-state index contributed by atoms with van der Waals surface area (Å²) in [5, 5.41) is 0. The predicted octanol–water partition coefficient (Wildman–Crippen LogP) is 3.50. The van der Waals surface area contributed by atoms with Gasteiger partial charge >= 0.3 is 5.97 Å². The summed E-state index contributed by atoms with van der Waals surface area (Å²) in [6.45, 7) is 2.09. The summed E-state index contributed by atoms with van der Waals surface area (Å²) in [5.41, 5.74) is 9.08.